The van der Waals surface area contributed by atoms with E-state index in [1.165, 1.54) is 49.4 Å². The second-order valence-electron chi connectivity index (χ2n) is 15.2. The first-order chi connectivity index (χ1) is 28.3. The topological polar surface area (TPSA) is 15.7 Å². The molecule has 3 aliphatic heterocycles. The zero-order valence-corrected chi connectivity index (χ0v) is 31.1. The fraction of sp³-hybridized carbons (Fsp3) is 0.0189. The largest absolute Gasteiger partial charge is 0.451 e. The lowest BCUT2D eigenvalue weighted by molar-refractivity contribution is 0.478. The minimum atomic E-state index is -0.662. The molecule has 12 rings (SSSR count). The average Bonchev–Trinajstić information content (AvgIpc) is 3.29. The molecule has 0 radical (unpaired) electrons. The number of fused-ring (bicyclic) bond motifs is 8. The van der Waals surface area contributed by atoms with Crippen LogP contribution in [0.1, 0.15) is 22.3 Å². The number of anilines is 6. The highest BCUT2D eigenvalue weighted by Crippen LogP contribution is 2.60. The average molecular weight is 727 g/mol. The Morgan fingerprint density at radius 3 is 1.77 bits per heavy atom. The molecular formula is C53H35BN2O. The molecule has 266 valence electrons. The molecule has 3 aliphatic rings. The van der Waals surface area contributed by atoms with E-state index in [1.807, 2.05) is 0 Å². The molecule has 0 N–H and O–H groups in total. The third-order valence-corrected chi connectivity index (χ3v) is 12.3. The van der Waals surface area contributed by atoms with E-state index in [2.05, 4.69) is 222 Å². The van der Waals surface area contributed by atoms with Crippen LogP contribution in [0.5, 0.6) is 11.5 Å². The Bertz CT molecular complexity index is 2970. The van der Waals surface area contributed by atoms with Crippen molar-refractivity contribution in [3.8, 4) is 11.5 Å². The van der Waals surface area contributed by atoms with Crippen molar-refractivity contribution < 1.29 is 4.74 Å². The maximum Gasteiger partial charge on any atom is 0.247 e. The summed E-state index contributed by atoms with van der Waals surface area (Å²) in [5, 5.41) is 2.37. The molecule has 0 aliphatic carbocycles. The van der Waals surface area contributed by atoms with Crippen molar-refractivity contribution in [3.63, 3.8) is 0 Å². The fourth-order valence-corrected chi connectivity index (χ4v) is 10.2. The summed E-state index contributed by atoms with van der Waals surface area (Å²) in [6.07, 6.45) is 0. The van der Waals surface area contributed by atoms with E-state index in [1.54, 1.807) is 0 Å². The van der Waals surface area contributed by atoms with Gasteiger partial charge >= 0.3 is 0 Å². The van der Waals surface area contributed by atoms with E-state index in [4.69, 9.17) is 4.74 Å². The molecule has 0 amide bonds. The molecule has 57 heavy (non-hydrogen) atoms. The van der Waals surface area contributed by atoms with Gasteiger partial charge in [0.2, 0.25) is 6.71 Å². The molecule has 0 saturated heterocycles. The highest BCUT2D eigenvalue weighted by atomic mass is 16.5. The van der Waals surface area contributed by atoms with Crippen LogP contribution in [0.2, 0.25) is 0 Å². The molecule has 0 bridgehead atoms. The van der Waals surface area contributed by atoms with E-state index >= 15 is 0 Å². The van der Waals surface area contributed by atoms with Crippen molar-refractivity contribution in [1.82, 2.24) is 0 Å². The molecule has 3 nitrogen and oxygen atoms in total. The van der Waals surface area contributed by atoms with Gasteiger partial charge in [0, 0.05) is 16.8 Å². The summed E-state index contributed by atoms with van der Waals surface area (Å²) in [5.74, 6) is 1.67. The van der Waals surface area contributed by atoms with Gasteiger partial charge in [-0.15, -0.1) is 0 Å². The van der Waals surface area contributed by atoms with Crippen LogP contribution in [0, 0.1) is 0 Å². The Kier molecular flexibility index (Phi) is 6.94. The van der Waals surface area contributed by atoms with Crippen LogP contribution in [-0.4, -0.2) is 6.71 Å². The number of rotatable bonds is 4. The Morgan fingerprint density at radius 1 is 0.421 bits per heavy atom. The monoisotopic (exact) mass is 726 g/mol. The van der Waals surface area contributed by atoms with Crippen LogP contribution in [-0.2, 0) is 5.41 Å². The Labute approximate surface area is 332 Å². The van der Waals surface area contributed by atoms with Crippen LogP contribution in [0.25, 0.3) is 10.8 Å². The van der Waals surface area contributed by atoms with E-state index in [0.29, 0.717) is 0 Å². The van der Waals surface area contributed by atoms with Crippen LogP contribution < -0.4 is 30.9 Å². The first-order valence-electron chi connectivity index (χ1n) is 19.7. The number of para-hydroxylation sites is 4. The Balaban J connectivity index is 1.31. The molecule has 0 fully saturated rings. The number of benzene rings is 9. The summed E-state index contributed by atoms with van der Waals surface area (Å²) in [6, 6.07) is 77.5. The van der Waals surface area contributed by atoms with Crippen molar-refractivity contribution in [2.24, 2.45) is 0 Å². The fourth-order valence-electron chi connectivity index (χ4n) is 10.2. The normalized spacial score (nSPS) is 14.1. The second kappa shape index (κ2) is 12.4. The van der Waals surface area contributed by atoms with Gasteiger partial charge in [-0.05, 0) is 81.0 Å². The third kappa shape index (κ3) is 4.44. The van der Waals surface area contributed by atoms with Crippen LogP contribution >= 0.6 is 0 Å². The van der Waals surface area contributed by atoms with Gasteiger partial charge < -0.3 is 14.5 Å². The lowest BCUT2D eigenvalue weighted by atomic mass is 9.29. The zero-order chi connectivity index (χ0) is 37.5. The Hall–Kier alpha value is -7.30. The summed E-state index contributed by atoms with van der Waals surface area (Å²) < 4.78 is 7.36. The quantitative estimate of drug-likeness (QED) is 0.168. The summed E-state index contributed by atoms with van der Waals surface area (Å²) >= 11 is 0. The standard InChI is InChI=1S/C53H35BN2O/c1-4-21-37(22-5-1)53(38-23-6-2-7-24-38)41-28-12-13-29-43(41)54-44-30-14-15-31-46(44)55(39-25-8-3-9-26-39)51-50(54)42(53)35-48-52(51)57-49-34-17-16-32-47(49)56(48)45-33-18-20-36-19-10-11-27-40(36)45/h1-35H. The van der Waals surface area contributed by atoms with Gasteiger partial charge in [0.25, 0.3) is 0 Å². The van der Waals surface area contributed by atoms with E-state index in [-0.39, 0.29) is 6.71 Å². The van der Waals surface area contributed by atoms with Crippen molar-refractivity contribution >= 4 is 68.0 Å². The summed E-state index contributed by atoms with van der Waals surface area (Å²) in [7, 11) is 0. The van der Waals surface area contributed by atoms with E-state index in [9.17, 15) is 0 Å². The molecule has 0 saturated carbocycles. The first kappa shape index (κ1) is 32.0. The lowest BCUT2D eigenvalue weighted by Crippen LogP contribution is -2.65. The van der Waals surface area contributed by atoms with Crippen LogP contribution in [0.3, 0.4) is 0 Å². The molecule has 9 aromatic carbocycles. The first-order valence-corrected chi connectivity index (χ1v) is 19.7. The molecule has 3 heterocycles. The van der Waals surface area contributed by atoms with Crippen molar-refractivity contribution in [2.75, 3.05) is 9.80 Å². The van der Waals surface area contributed by atoms with E-state index < -0.39 is 5.41 Å². The minimum Gasteiger partial charge on any atom is -0.451 e. The zero-order valence-electron chi connectivity index (χ0n) is 31.1. The van der Waals surface area contributed by atoms with Crippen molar-refractivity contribution in [2.45, 2.75) is 5.41 Å². The molecule has 0 unspecified atom stereocenters. The predicted octanol–water partition coefficient (Wildman–Crippen LogP) is 11.4. The summed E-state index contributed by atoms with van der Waals surface area (Å²) in [4.78, 5) is 4.92. The van der Waals surface area contributed by atoms with Crippen LogP contribution in [0.15, 0.2) is 212 Å². The SMILES string of the molecule is c1ccc(N2c3ccccc3B3c4ccccc4C(c4ccccc4)(c4ccccc4)c4cc5c(c2c43)Oc2ccccc2N5c2cccc3ccccc23)cc1. The summed E-state index contributed by atoms with van der Waals surface area (Å²) in [5.41, 5.74) is 14.6. The summed E-state index contributed by atoms with van der Waals surface area (Å²) in [6.45, 7) is -0.0417. The van der Waals surface area contributed by atoms with Gasteiger partial charge in [-0.25, -0.2) is 0 Å². The second-order valence-corrected chi connectivity index (χ2v) is 15.2. The maximum atomic E-state index is 7.36. The molecule has 0 spiro atoms. The molecule has 9 aromatic rings. The van der Waals surface area contributed by atoms with Gasteiger partial charge in [0.05, 0.1) is 28.2 Å². The van der Waals surface area contributed by atoms with Gasteiger partial charge in [0.15, 0.2) is 11.5 Å². The molecular weight excluding hydrogens is 691 g/mol. The Morgan fingerprint density at radius 2 is 1.00 bits per heavy atom. The van der Waals surface area contributed by atoms with Crippen LogP contribution in [0.4, 0.5) is 34.1 Å². The number of nitrogens with zero attached hydrogens (tertiary/aromatic N) is 2. The minimum absolute atomic E-state index is 0.0417. The maximum absolute atomic E-state index is 7.36. The number of hydrogen-bond donors (Lipinski definition) is 0. The van der Waals surface area contributed by atoms with Crippen molar-refractivity contribution in [1.29, 1.82) is 0 Å². The lowest BCUT2D eigenvalue weighted by Gasteiger charge is -2.50. The van der Waals surface area contributed by atoms with E-state index in [0.717, 1.165) is 45.6 Å². The van der Waals surface area contributed by atoms with Gasteiger partial charge in [0.1, 0.15) is 0 Å². The van der Waals surface area contributed by atoms with Gasteiger partial charge in [-0.1, -0.05) is 175 Å². The number of hydrogen-bond acceptors (Lipinski definition) is 3. The highest BCUT2D eigenvalue weighted by Gasteiger charge is 2.53. The van der Waals surface area contributed by atoms with Gasteiger partial charge in [-0.2, -0.15) is 0 Å². The molecule has 4 heteroatoms. The molecule has 0 atom stereocenters. The number of ether oxygens (including phenoxy) is 1. The van der Waals surface area contributed by atoms with Crippen molar-refractivity contribution in [3.05, 3.63) is 235 Å². The predicted molar refractivity (Wildman–Crippen MR) is 236 cm³/mol. The highest BCUT2D eigenvalue weighted by molar-refractivity contribution is 6.99. The van der Waals surface area contributed by atoms with Gasteiger partial charge in [-0.3, -0.25) is 0 Å². The third-order valence-electron chi connectivity index (χ3n) is 12.3. The smallest absolute Gasteiger partial charge is 0.247 e. The molecule has 0 aromatic heterocycles.